The van der Waals surface area contributed by atoms with E-state index >= 15 is 0 Å². The monoisotopic (exact) mass is 280 g/mol. The van der Waals surface area contributed by atoms with E-state index in [1.807, 2.05) is 0 Å². The number of likely N-dealkylation sites (N-methyl/N-ethyl adjacent to an activating group) is 1. The minimum absolute atomic E-state index is 0.0355. The van der Waals surface area contributed by atoms with Crippen LogP contribution in [0, 0.1) is 6.92 Å². The third-order valence-corrected chi connectivity index (χ3v) is 3.29. The van der Waals surface area contributed by atoms with Crippen LogP contribution in [0.15, 0.2) is 12.1 Å². The molecule has 0 bridgehead atoms. The number of morpholine rings is 1. The summed E-state index contributed by atoms with van der Waals surface area (Å²) >= 11 is 0. The molecule has 0 aromatic carbocycles. The zero-order chi connectivity index (χ0) is 14.5. The van der Waals surface area contributed by atoms with Crippen molar-refractivity contribution in [2.75, 3.05) is 32.8 Å². The van der Waals surface area contributed by atoms with Crippen LogP contribution in [0.25, 0.3) is 0 Å². The summed E-state index contributed by atoms with van der Waals surface area (Å²) in [6, 6.07) is 3.38. The first-order valence-electron chi connectivity index (χ1n) is 6.78. The first-order valence-corrected chi connectivity index (χ1v) is 6.78. The van der Waals surface area contributed by atoms with Crippen LogP contribution in [0.5, 0.6) is 5.75 Å². The Morgan fingerprint density at radius 3 is 3.10 bits per heavy atom. The highest BCUT2D eigenvalue weighted by atomic mass is 16.5. The molecule has 20 heavy (non-hydrogen) atoms. The third kappa shape index (κ3) is 3.68. The SMILES string of the molecule is CCN1CCOC(COc2ccc(C)nc2C(=O)O)C1. The molecule has 1 aromatic rings. The van der Waals surface area contributed by atoms with Gasteiger partial charge in [-0.2, -0.15) is 0 Å². The summed E-state index contributed by atoms with van der Waals surface area (Å²) in [5.41, 5.74) is 0.606. The van der Waals surface area contributed by atoms with Crippen LogP contribution in [0.4, 0.5) is 0 Å². The normalized spacial score (nSPS) is 19.8. The number of carboxylic acids is 1. The fourth-order valence-corrected chi connectivity index (χ4v) is 2.16. The topological polar surface area (TPSA) is 71.9 Å². The second-order valence-electron chi connectivity index (χ2n) is 4.80. The van der Waals surface area contributed by atoms with Gasteiger partial charge in [0.05, 0.1) is 6.61 Å². The molecule has 1 saturated heterocycles. The van der Waals surface area contributed by atoms with Crippen molar-refractivity contribution < 1.29 is 19.4 Å². The summed E-state index contributed by atoms with van der Waals surface area (Å²) in [4.78, 5) is 17.4. The van der Waals surface area contributed by atoms with Crippen LogP contribution in [-0.2, 0) is 4.74 Å². The molecular formula is C14H20N2O4. The Hall–Kier alpha value is -1.66. The summed E-state index contributed by atoms with van der Waals surface area (Å²) in [5, 5.41) is 9.13. The van der Waals surface area contributed by atoms with Gasteiger partial charge in [-0.25, -0.2) is 9.78 Å². The number of hydrogen-bond donors (Lipinski definition) is 1. The van der Waals surface area contributed by atoms with Gasteiger partial charge in [-0.1, -0.05) is 6.92 Å². The van der Waals surface area contributed by atoms with Crippen LogP contribution in [0.2, 0.25) is 0 Å². The smallest absolute Gasteiger partial charge is 0.358 e. The van der Waals surface area contributed by atoms with Gasteiger partial charge < -0.3 is 14.6 Å². The van der Waals surface area contributed by atoms with Crippen LogP contribution in [0.1, 0.15) is 23.1 Å². The van der Waals surface area contributed by atoms with Crippen molar-refractivity contribution in [1.29, 1.82) is 0 Å². The number of hydrogen-bond acceptors (Lipinski definition) is 5. The van der Waals surface area contributed by atoms with E-state index in [4.69, 9.17) is 14.6 Å². The summed E-state index contributed by atoms with van der Waals surface area (Å²) < 4.78 is 11.2. The molecular weight excluding hydrogens is 260 g/mol. The Kier molecular flexibility index (Phi) is 4.92. The highest BCUT2D eigenvalue weighted by Crippen LogP contribution is 2.18. The largest absolute Gasteiger partial charge is 0.488 e. The molecule has 6 heteroatoms. The van der Waals surface area contributed by atoms with Gasteiger partial charge in [0.25, 0.3) is 0 Å². The molecule has 1 aliphatic heterocycles. The van der Waals surface area contributed by atoms with Crippen LogP contribution < -0.4 is 4.74 Å². The minimum atomic E-state index is -1.08. The predicted molar refractivity (Wildman–Crippen MR) is 73.3 cm³/mol. The number of rotatable bonds is 5. The van der Waals surface area contributed by atoms with Crippen molar-refractivity contribution in [3.63, 3.8) is 0 Å². The molecule has 1 fully saturated rings. The van der Waals surface area contributed by atoms with E-state index < -0.39 is 5.97 Å². The van der Waals surface area contributed by atoms with Gasteiger partial charge in [-0.3, -0.25) is 4.90 Å². The highest BCUT2D eigenvalue weighted by Gasteiger charge is 2.21. The van der Waals surface area contributed by atoms with E-state index in [-0.39, 0.29) is 11.8 Å². The van der Waals surface area contributed by atoms with E-state index in [9.17, 15) is 4.79 Å². The van der Waals surface area contributed by atoms with Gasteiger partial charge >= 0.3 is 5.97 Å². The van der Waals surface area contributed by atoms with E-state index in [0.717, 1.165) is 19.6 Å². The number of carbonyl (C=O) groups is 1. The second-order valence-corrected chi connectivity index (χ2v) is 4.80. The molecule has 2 heterocycles. The van der Waals surface area contributed by atoms with Crippen LogP contribution in [-0.4, -0.2) is 59.9 Å². The second kappa shape index (κ2) is 6.67. The van der Waals surface area contributed by atoms with Crippen molar-refractivity contribution in [3.05, 3.63) is 23.5 Å². The maximum absolute atomic E-state index is 11.1. The first-order chi connectivity index (χ1) is 9.60. The maximum atomic E-state index is 11.1. The lowest BCUT2D eigenvalue weighted by Gasteiger charge is -2.31. The molecule has 2 rings (SSSR count). The van der Waals surface area contributed by atoms with Gasteiger partial charge in [0.15, 0.2) is 11.4 Å². The van der Waals surface area contributed by atoms with Crippen molar-refractivity contribution in [1.82, 2.24) is 9.88 Å². The van der Waals surface area contributed by atoms with Gasteiger partial charge in [-0.05, 0) is 25.6 Å². The molecule has 0 saturated carbocycles. The molecule has 0 radical (unpaired) electrons. The van der Waals surface area contributed by atoms with Gasteiger partial charge in [0.1, 0.15) is 12.7 Å². The molecule has 1 N–H and O–H groups in total. The lowest BCUT2D eigenvalue weighted by Crippen LogP contribution is -2.44. The number of aromatic carboxylic acids is 1. The lowest BCUT2D eigenvalue weighted by molar-refractivity contribution is -0.0465. The van der Waals surface area contributed by atoms with E-state index in [0.29, 0.717) is 24.7 Å². The zero-order valence-electron chi connectivity index (χ0n) is 11.8. The molecule has 0 aliphatic carbocycles. The minimum Gasteiger partial charge on any atom is -0.488 e. The number of nitrogens with zero attached hydrogens (tertiary/aromatic N) is 2. The number of ether oxygens (including phenoxy) is 2. The number of aryl methyl sites for hydroxylation is 1. The average molecular weight is 280 g/mol. The molecule has 6 nitrogen and oxygen atoms in total. The van der Waals surface area contributed by atoms with Crippen LogP contribution in [0.3, 0.4) is 0 Å². The summed E-state index contributed by atoms with van der Waals surface area (Å²) in [5.74, 6) is -0.788. The highest BCUT2D eigenvalue weighted by molar-refractivity contribution is 5.88. The molecule has 110 valence electrons. The van der Waals surface area contributed by atoms with Gasteiger partial charge in [0.2, 0.25) is 0 Å². The van der Waals surface area contributed by atoms with E-state index in [2.05, 4.69) is 16.8 Å². The Morgan fingerprint density at radius 2 is 2.40 bits per heavy atom. The first kappa shape index (κ1) is 14.7. The Bertz CT molecular complexity index is 478. The van der Waals surface area contributed by atoms with Crippen molar-refractivity contribution in [3.8, 4) is 5.75 Å². The molecule has 1 aromatic heterocycles. The summed E-state index contributed by atoms with van der Waals surface area (Å²) in [6.45, 7) is 7.58. The quantitative estimate of drug-likeness (QED) is 0.873. The third-order valence-electron chi connectivity index (χ3n) is 3.29. The summed E-state index contributed by atoms with van der Waals surface area (Å²) in [7, 11) is 0. The zero-order valence-corrected chi connectivity index (χ0v) is 11.8. The van der Waals surface area contributed by atoms with Crippen molar-refractivity contribution in [2.24, 2.45) is 0 Å². The van der Waals surface area contributed by atoms with Crippen LogP contribution >= 0.6 is 0 Å². The Labute approximate surface area is 118 Å². The lowest BCUT2D eigenvalue weighted by atomic mass is 10.2. The molecule has 1 aliphatic rings. The Balaban J connectivity index is 1.98. The van der Waals surface area contributed by atoms with Crippen molar-refractivity contribution in [2.45, 2.75) is 20.0 Å². The summed E-state index contributed by atoms with van der Waals surface area (Å²) in [6.07, 6.45) is -0.0355. The fourth-order valence-electron chi connectivity index (χ4n) is 2.16. The fraction of sp³-hybridized carbons (Fsp3) is 0.571. The van der Waals surface area contributed by atoms with Gasteiger partial charge in [0, 0.05) is 18.8 Å². The molecule has 1 unspecified atom stereocenters. The predicted octanol–water partition coefficient (Wildman–Crippen LogP) is 1.19. The molecule has 0 amide bonds. The molecule has 0 spiro atoms. The van der Waals surface area contributed by atoms with Crippen molar-refractivity contribution >= 4 is 5.97 Å². The van der Waals surface area contributed by atoms with E-state index in [1.165, 1.54) is 0 Å². The number of pyridine rings is 1. The Morgan fingerprint density at radius 1 is 1.60 bits per heavy atom. The molecule has 1 atom stereocenters. The van der Waals surface area contributed by atoms with Gasteiger partial charge in [-0.15, -0.1) is 0 Å². The standard InChI is InChI=1S/C14H20N2O4/c1-3-16-6-7-19-11(8-16)9-20-12-5-4-10(2)15-13(12)14(17)18/h4-5,11H,3,6-9H2,1-2H3,(H,17,18). The number of aromatic nitrogens is 1. The average Bonchev–Trinajstić information content (AvgIpc) is 2.46. The van der Waals surface area contributed by atoms with E-state index in [1.54, 1.807) is 19.1 Å². The maximum Gasteiger partial charge on any atom is 0.358 e. The number of carboxylic acid groups (broad SMARTS) is 1.